The van der Waals surface area contributed by atoms with Crippen LogP contribution in [0.15, 0.2) is 16.8 Å². The van der Waals surface area contributed by atoms with Crippen LogP contribution in [-0.4, -0.2) is 43.0 Å². The smallest absolute Gasteiger partial charge is 0.206 e. The summed E-state index contributed by atoms with van der Waals surface area (Å²) >= 11 is 0. The Bertz CT molecular complexity index is 351. The summed E-state index contributed by atoms with van der Waals surface area (Å²) in [6.45, 7) is 2.20. The Morgan fingerprint density at radius 2 is 2.35 bits per heavy atom. The van der Waals surface area contributed by atoms with Gasteiger partial charge in [-0.2, -0.15) is 0 Å². The third-order valence-electron chi connectivity index (χ3n) is 4.00. The van der Waals surface area contributed by atoms with Gasteiger partial charge < -0.3 is 4.84 Å². The molecule has 4 heteroatoms. The summed E-state index contributed by atoms with van der Waals surface area (Å²) in [5.74, 6) is 0. The number of nitrogens with one attached hydrogen (secondary N) is 1. The number of allylic oxidation sites excluding steroid dienone is 1. The number of piperidine rings is 1. The highest BCUT2D eigenvalue weighted by Gasteiger charge is 2.35. The lowest BCUT2D eigenvalue weighted by Gasteiger charge is -2.32. The molecule has 94 valence electrons. The highest BCUT2D eigenvalue weighted by Crippen LogP contribution is 2.27. The SMILES string of the molecule is CN1CCCC[C@H]1C1=NO[C@@H]2NCCCC=C12. The van der Waals surface area contributed by atoms with Crippen LogP contribution in [0, 0.1) is 0 Å². The van der Waals surface area contributed by atoms with Gasteiger partial charge in [0.05, 0.1) is 6.04 Å². The molecular weight excluding hydrogens is 214 g/mol. The van der Waals surface area contributed by atoms with Gasteiger partial charge in [-0.05, 0) is 45.8 Å². The molecule has 0 aliphatic carbocycles. The minimum absolute atomic E-state index is 0.0165. The number of rotatable bonds is 1. The van der Waals surface area contributed by atoms with E-state index in [1.807, 2.05) is 0 Å². The van der Waals surface area contributed by atoms with Crippen molar-refractivity contribution in [1.29, 1.82) is 0 Å². The van der Waals surface area contributed by atoms with E-state index in [1.165, 1.54) is 43.5 Å². The van der Waals surface area contributed by atoms with Gasteiger partial charge in [0.2, 0.25) is 6.23 Å². The van der Waals surface area contributed by atoms with Gasteiger partial charge in [-0.1, -0.05) is 17.7 Å². The molecule has 3 rings (SSSR count). The number of oxime groups is 1. The molecule has 1 saturated heterocycles. The van der Waals surface area contributed by atoms with E-state index in [0.29, 0.717) is 6.04 Å². The van der Waals surface area contributed by atoms with Crippen molar-refractivity contribution in [2.45, 2.75) is 44.4 Å². The maximum absolute atomic E-state index is 5.53. The van der Waals surface area contributed by atoms with Gasteiger partial charge in [-0.3, -0.25) is 10.2 Å². The van der Waals surface area contributed by atoms with Crippen molar-refractivity contribution in [3.8, 4) is 0 Å². The number of likely N-dealkylation sites (tertiary alicyclic amines) is 1. The Morgan fingerprint density at radius 1 is 1.41 bits per heavy atom. The fraction of sp³-hybridized carbons (Fsp3) is 0.769. The van der Waals surface area contributed by atoms with Crippen LogP contribution in [-0.2, 0) is 4.84 Å². The predicted molar refractivity (Wildman–Crippen MR) is 67.9 cm³/mol. The summed E-state index contributed by atoms with van der Waals surface area (Å²) in [6.07, 6.45) is 8.49. The van der Waals surface area contributed by atoms with Crippen LogP contribution < -0.4 is 5.32 Å². The van der Waals surface area contributed by atoms with E-state index in [9.17, 15) is 0 Å². The fourth-order valence-corrected chi connectivity index (χ4v) is 2.98. The first kappa shape index (κ1) is 11.2. The van der Waals surface area contributed by atoms with Crippen molar-refractivity contribution in [2.75, 3.05) is 20.1 Å². The van der Waals surface area contributed by atoms with Crippen LogP contribution in [0.2, 0.25) is 0 Å². The van der Waals surface area contributed by atoms with Gasteiger partial charge in [-0.15, -0.1) is 0 Å². The van der Waals surface area contributed by atoms with Gasteiger partial charge in [0.15, 0.2) is 0 Å². The quantitative estimate of drug-likeness (QED) is 0.748. The van der Waals surface area contributed by atoms with Crippen LogP contribution in [0.25, 0.3) is 0 Å². The van der Waals surface area contributed by atoms with E-state index in [4.69, 9.17) is 4.84 Å². The van der Waals surface area contributed by atoms with Gasteiger partial charge in [0.25, 0.3) is 0 Å². The van der Waals surface area contributed by atoms with Crippen LogP contribution >= 0.6 is 0 Å². The van der Waals surface area contributed by atoms with Gasteiger partial charge in [-0.25, -0.2) is 0 Å². The first-order valence-electron chi connectivity index (χ1n) is 6.74. The van der Waals surface area contributed by atoms with E-state index >= 15 is 0 Å². The molecule has 0 radical (unpaired) electrons. The Labute approximate surface area is 103 Å². The maximum Gasteiger partial charge on any atom is 0.206 e. The van der Waals surface area contributed by atoms with Crippen molar-refractivity contribution >= 4 is 5.71 Å². The van der Waals surface area contributed by atoms with Crippen LogP contribution in [0.5, 0.6) is 0 Å². The van der Waals surface area contributed by atoms with Gasteiger partial charge >= 0.3 is 0 Å². The minimum atomic E-state index is 0.0165. The monoisotopic (exact) mass is 235 g/mol. The number of fused-ring (bicyclic) bond motifs is 1. The minimum Gasteiger partial charge on any atom is -0.371 e. The Morgan fingerprint density at radius 3 is 3.24 bits per heavy atom. The second-order valence-electron chi connectivity index (χ2n) is 5.21. The van der Waals surface area contributed by atoms with Crippen molar-refractivity contribution in [2.24, 2.45) is 5.16 Å². The Kier molecular flexibility index (Phi) is 3.16. The number of hydrogen-bond donors (Lipinski definition) is 1. The van der Waals surface area contributed by atoms with E-state index in [0.717, 1.165) is 13.0 Å². The van der Waals surface area contributed by atoms with Crippen molar-refractivity contribution in [3.05, 3.63) is 11.6 Å². The average Bonchev–Trinajstić information content (AvgIpc) is 2.59. The molecule has 4 nitrogen and oxygen atoms in total. The molecule has 0 spiro atoms. The van der Waals surface area contributed by atoms with E-state index in [1.54, 1.807) is 0 Å². The largest absolute Gasteiger partial charge is 0.371 e. The molecule has 3 aliphatic heterocycles. The van der Waals surface area contributed by atoms with E-state index in [-0.39, 0.29) is 6.23 Å². The summed E-state index contributed by atoms with van der Waals surface area (Å²) in [7, 11) is 2.20. The zero-order valence-electron chi connectivity index (χ0n) is 10.5. The summed E-state index contributed by atoms with van der Waals surface area (Å²) in [5, 5.41) is 7.74. The lowest BCUT2D eigenvalue weighted by molar-refractivity contribution is 0.0803. The molecule has 1 N–H and O–H groups in total. The van der Waals surface area contributed by atoms with Gasteiger partial charge in [0, 0.05) is 5.57 Å². The molecule has 0 saturated carbocycles. The molecule has 0 aromatic rings. The van der Waals surface area contributed by atoms with Crippen LogP contribution in [0.4, 0.5) is 0 Å². The molecule has 3 heterocycles. The molecule has 1 fully saturated rings. The fourth-order valence-electron chi connectivity index (χ4n) is 2.98. The second kappa shape index (κ2) is 4.78. The molecule has 2 atom stereocenters. The third kappa shape index (κ3) is 2.11. The summed E-state index contributed by atoms with van der Waals surface area (Å²) in [4.78, 5) is 7.95. The van der Waals surface area contributed by atoms with Crippen molar-refractivity contribution in [3.63, 3.8) is 0 Å². The summed E-state index contributed by atoms with van der Waals surface area (Å²) in [5.41, 5.74) is 2.47. The number of nitrogens with zero attached hydrogens (tertiary/aromatic N) is 2. The predicted octanol–water partition coefficient (Wildman–Crippen LogP) is 1.49. The van der Waals surface area contributed by atoms with Crippen molar-refractivity contribution in [1.82, 2.24) is 10.2 Å². The number of hydrogen-bond acceptors (Lipinski definition) is 4. The molecule has 0 aromatic carbocycles. The summed E-state index contributed by atoms with van der Waals surface area (Å²) in [6, 6.07) is 0.458. The Balaban J connectivity index is 1.80. The lowest BCUT2D eigenvalue weighted by atomic mass is 9.93. The topological polar surface area (TPSA) is 36.9 Å². The van der Waals surface area contributed by atoms with Crippen molar-refractivity contribution < 1.29 is 4.84 Å². The normalized spacial score (nSPS) is 34.4. The standard InChI is InChI=1S/C13H21N3O/c1-16-9-5-3-7-11(16)12-10-6-2-4-8-14-13(10)17-15-12/h6,11,13-14H,2-5,7-9H2,1H3/t11-,13-/m0/s1. The van der Waals surface area contributed by atoms with E-state index in [2.05, 4.69) is 28.5 Å². The Hall–Kier alpha value is -0.870. The van der Waals surface area contributed by atoms with E-state index < -0.39 is 0 Å². The molecule has 0 amide bonds. The highest BCUT2D eigenvalue weighted by atomic mass is 16.7. The average molecular weight is 235 g/mol. The highest BCUT2D eigenvalue weighted by molar-refractivity contribution is 6.05. The first-order chi connectivity index (χ1) is 8.36. The first-order valence-corrected chi connectivity index (χ1v) is 6.74. The lowest BCUT2D eigenvalue weighted by Crippen LogP contribution is -2.43. The van der Waals surface area contributed by atoms with Crippen LogP contribution in [0.3, 0.4) is 0 Å². The summed E-state index contributed by atoms with van der Waals surface area (Å²) < 4.78 is 0. The molecule has 17 heavy (non-hydrogen) atoms. The second-order valence-corrected chi connectivity index (χ2v) is 5.21. The third-order valence-corrected chi connectivity index (χ3v) is 4.00. The zero-order valence-corrected chi connectivity index (χ0v) is 10.5. The molecule has 0 aromatic heterocycles. The molecule has 3 aliphatic rings. The zero-order chi connectivity index (χ0) is 11.7. The molecule has 0 unspecified atom stereocenters. The van der Waals surface area contributed by atoms with Gasteiger partial charge in [0.1, 0.15) is 5.71 Å². The molecular formula is C13H21N3O. The van der Waals surface area contributed by atoms with Crippen LogP contribution in [0.1, 0.15) is 32.1 Å². The maximum atomic E-state index is 5.53. The molecule has 0 bridgehead atoms.